The van der Waals surface area contributed by atoms with Crippen LogP contribution in [-0.2, 0) is 0 Å². The number of halogens is 2. The fourth-order valence-corrected chi connectivity index (χ4v) is 2.16. The van der Waals surface area contributed by atoms with Crippen LogP contribution in [0.1, 0.15) is 30.1 Å². The second kappa shape index (κ2) is 8.21. The Morgan fingerprint density at radius 2 is 2.25 bits per heavy atom. The Bertz CT molecular complexity index is 497. The number of nitro groups is 1. The summed E-state index contributed by atoms with van der Waals surface area (Å²) >= 11 is 9.09. The van der Waals surface area contributed by atoms with Gasteiger partial charge in [-0.3, -0.25) is 14.9 Å². The second-order valence-electron chi connectivity index (χ2n) is 4.58. The second-order valence-corrected chi connectivity index (χ2v) is 5.66. The Kier molecular flexibility index (Phi) is 6.95. The van der Waals surface area contributed by atoms with E-state index in [-0.39, 0.29) is 16.3 Å². The van der Waals surface area contributed by atoms with E-state index in [1.165, 1.54) is 18.2 Å². The third kappa shape index (κ3) is 5.09. The van der Waals surface area contributed by atoms with Crippen LogP contribution in [0.5, 0.6) is 0 Å². The van der Waals surface area contributed by atoms with Crippen molar-refractivity contribution in [3.63, 3.8) is 0 Å². The van der Waals surface area contributed by atoms with Gasteiger partial charge in [0.05, 0.1) is 4.92 Å². The summed E-state index contributed by atoms with van der Waals surface area (Å²) in [5.41, 5.74) is -0.239. The maximum Gasteiger partial charge on any atom is 0.283 e. The van der Waals surface area contributed by atoms with Crippen LogP contribution in [0.3, 0.4) is 0 Å². The number of rotatable bonds is 7. The highest BCUT2D eigenvalue weighted by Gasteiger charge is 2.20. The van der Waals surface area contributed by atoms with Crippen molar-refractivity contribution in [2.45, 2.75) is 19.8 Å². The number of carbonyl (C=O) groups excluding carboxylic acids is 1. The van der Waals surface area contributed by atoms with E-state index >= 15 is 0 Å². The highest BCUT2D eigenvalue weighted by molar-refractivity contribution is 9.09. The molecule has 0 saturated carbocycles. The average Bonchev–Trinajstić information content (AvgIpc) is 2.42. The standard InChI is InChI=1S/C13H16BrClN2O3/c1-9(8-14)3-2-6-16-13(18)11-5-4-10(15)7-12(11)17(19)20/h4-5,7,9H,2-3,6,8H2,1H3,(H,16,18). The van der Waals surface area contributed by atoms with Gasteiger partial charge in [-0.1, -0.05) is 34.5 Å². The molecule has 1 atom stereocenters. The van der Waals surface area contributed by atoms with Gasteiger partial charge in [0, 0.05) is 23.0 Å². The Morgan fingerprint density at radius 1 is 1.55 bits per heavy atom. The summed E-state index contributed by atoms with van der Waals surface area (Å²) in [6, 6.07) is 4.02. The number of nitrogens with zero attached hydrogens (tertiary/aromatic N) is 1. The normalized spacial score (nSPS) is 11.9. The van der Waals surface area contributed by atoms with Crippen molar-refractivity contribution in [3.05, 3.63) is 38.9 Å². The van der Waals surface area contributed by atoms with Crippen molar-refractivity contribution in [1.82, 2.24) is 5.32 Å². The van der Waals surface area contributed by atoms with Crippen molar-refractivity contribution in [1.29, 1.82) is 0 Å². The molecular weight excluding hydrogens is 348 g/mol. The molecule has 0 aliphatic heterocycles. The van der Waals surface area contributed by atoms with Crippen molar-refractivity contribution >= 4 is 39.1 Å². The number of hydrogen-bond acceptors (Lipinski definition) is 3. The van der Waals surface area contributed by atoms with Crippen LogP contribution >= 0.6 is 27.5 Å². The number of benzene rings is 1. The first-order chi connectivity index (χ1) is 9.45. The van der Waals surface area contributed by atoms with Gasteiger partial charge in [-0.05, 0) is 30.9 Å². The molecular formula is C13H16BrClN2O3. The quantitative estimate of drug-likeness (QED) is 0.347. The summed E-state index contributed by atoms with van der Waals surface area (Å²) in [4.78, 5) is 22.2. The van der Waals surface area contributed by atoms with Gasteiger partial charge in [0.25, 0.3) is 11.6 Å². The van der Waals surface area contributed by atoms with Gasteiger partial charge in [0.15, 0.2) is 0 Å². The van der Waals surface area contributed by atoms with E-state index in [1.807, 2.05) is 0 Å². The fourth-order valence-electron chi connectivity index (χ4n) is 1.67. The Balaban J connectivity index is 2.62. The molecule has 7 heteroatoms. The summed E-state index contributed by atoms with van der Waals surface area (Å²) in [6.07, 6.45) is 1.81. The molecule has 1 aromatic rings. The number of carbonyl (C=O) groups is 1. The van der Waals surface area contributed by atoms with Gasteiger partial charge in [0.2, 0.25) is 0 Å². The monoisotopic (exact) mass is 362 g/mol. The highest BCUT2D eigenvalue weighted by Crippen LogP contribution is 2.23. The van der Waals surface area contributed by atoms with Crippen LogP contribution in [0, 0.1) is 16.0 Å². The first kappa shape index (κ1) is 16.9. The van der Waals surface area contributed by atoms with E-state index in [2.05, 4.69) is 28.2 Å². The molecule has 1 aromatic carbocycles. The first-order valence-corrected chi connectivity index (χ1v) is 7.73. The van der Waals surface area contributed by atoms with Gasteiger partial charge >= 0.3 is 0 Å². The van der Waals surface area contributed by atoms with Crippen molar-refractivity contribution in [3.8, 4) is 0 Å². The van der Waals surface area contributed by atoms with Gasteiger partial charge < -0.3 is 5.32 Å². The lowest BCUT2D eigenvalue weighted by Gasteiger charge is -2.08. The number of alkyl halides is 1. The van der Waals surface area contributed by atoms with Crippen LogP contribution in [0.2, 0.25) is 5.02 Å². The third-order valence-electron chi connectivity index (χ3n) is 2.82. The lowest BCUT2D eigenvalue weighted by atomic mass is 10.1. The molecule has 0 bridgehead atoms. The molecule has 20 heavy (non-hydrogen) atoms. The van der Waals surface area contributed by atoms with Crippen LogP contribution in [0.25, 0.3) is 0 Å². The van der Waals surface area contributed by atoms with Gasteiger partial charge in [-0.2, -0.15) is 0 Å². The van der Waals surface area contributed by atoms with Crippen LogP contribution in [-0.4, -0.2) is 22.7 Å². The van der Waals surface area contributed by atoms with Crippen molar-refractivity contribution < 1.29 is 9.72 Å². The smallest absolute Gasteiger partial charge is 0.283 e. The third-order valence-corrected chi connectivity index (χ3v) is 4.16. The molecule has 0 saturated heterocycles. The van der Waals surface area contributed by atoms with E-state index in [9.17, 15) is 14.9 Å². The molecule has 110 valence electrons. The maximum atomic E-state index is 11.9. The van der Waals surface area contributed by atoms with Gasteiger partial charge in [-0.15, -0.1) is 0 Å². The van der Waals surface area contributed by atoms with Crippen molar-refractivity contribution in [2.24, 2.45) is 5.92 Å². The molecule has 0 radical (unpaired) electrons. The zero-order chi connectivity index (χ0) is 15.1. The zero-order valence-electron chi connectivity index (χ0n) is 11.1. The molecule has 0 aliphatic rings. The average molecular weight is 364 g/mol. The predicted molar refractivity (Wildman–Crippen MR) is 82.6 cm³/mol. The molecule has 0 aliphatic carbocycles. The minimum atomic E-state index is -0.603. The Morgan fingerprint density at radius 3 is 2.85 bits per heavy atom. The topological polar surface area (TPSA) is 72.2 Å². The molecule has 5 nitrogen and oxygen atoms in total. The molecule has 0 heterocycles. The van der Waals surface area contributed by atoms with E-state index in [0.717, 1.165) is 18.2 Å². The molecule has 1 amide bonds. The lowest BCUT2D eigenvalue weighted by Crippen LogP contribution is -2.25. The summed E-state index contributed by atoms with van der Waals surface area (Å²) in [5, 5.41) is 14.7. The van der Waals surface area contributed by atoms with E-state index in [4.69, 9.17) is 11.6 Å². The van der Waals surface area contributed by atoms with Gasteiger partial charge in [0.1, 0.15) is 5.56 Å². The van der Waals surface area contributed by atoms with Crippen molar-refractivity contribution in [2.75, 3.05) is 11.9 Å². The Hall–Kier alpha value is -1.14. The Labute approximate surface area is 131 Å². The highest BCUT2D eigenvalue weighted by atomic mass is 79.9. The van der Waals surface area contributed by atoms with Gasteiger partial charge in [-0.25, -0.2) is 0 Å². The number of hydrogen-bond donors (Lipinski definition) is 1. The molecule has 0 aromatic heterocycles. The number of amides is 1. The molecule has 1 N–H and O–H groups in total. The molecule has 1 unspecified atom stereocenters. The lowest BCUT2D eigenvalue weighted by molar-refractivity contribution is -0.385. The van der Waals surface area contributed by atoms with Crippen LogP contribution in [0.15, 0.2) is 18.2 Å². The summed E-state index contributed by atoms with van der Waals surface area (Å²) in [5.74, 6) is 0.0941. The minimum absolute atomic E-state index is 0.0351. The van der Waals surface area contributed by atoms with Crippen LogP contribution in [0.4, 0.5) is 5.69 Å². The van der Waals surface area contributed by atoms with Crippen LogP contribution < -0.4 is 5.32 Å². The maximum absolute atomic E-state index is 11.9. The molecule has 1 rings (SSSR count). The van der Waals surface area contributed by atoms with E-state index < -0.39 is 10.8 Å². The SMILES string of the molecule is CC(CBr)CCCNC(=O)c1ccc(Cl)cc1[N+](=O)[O-]. The first-order valence-electron chi connectivity index (χ1n) is 6.23. The zero-order valence-corrected chi connectivity index (χ0v) is 13.4. The summed E-state index contributed by atoms with van der Waals surface area (Å²) in [6.45, 7) is 2.61. The molecule has 0 spiro atoms. The largest absolute Gasteiger partial charge is 0.352 e. The predicted octanol–water partition coefficient (Wildman–Crippen LogP) is 3.79. The summed E-state index contributed by atoms with van der Waals surface area (Å²) in [7, 11) is 0. The fraction of sp³-hybridized carbons (Fsp3) is 0.462. The minimum Gasteiger partial charge on any atom is -0.352 e. The van der Waals surface area contributed by atoms with E-state index in [1.54, 1.807) is 0 Å². The number of nitrogens with one attached hydrogen (secondary N) is 1. The molecule has 0 fully saturated rings. The number of nitro benzene ring substituents is 1. The van der Waals surface area contributed by atoms with E-state index in [0.29, 0.717) is 12.5 Å². The summed E-state index contributed by atoms with van der Waals surface area (Å²) < 4.78 is 0.